The molecule has 0 bridgehead atoms. The fraction of sp³-hybridized carbons (Fsp3) is 0.0667. The summed E-state index contributed by atoms with van der Waals surface area (Å²) < 4.78 is 6.86. The monoisotopic (exact) mass is 321 g/mol. The number of nitrogen functional groups attached to an aromatic ring is 1. The summed E-state index contributed by atoms with van der Waals surface area (Å²) in [5.74, 6) is 1.34. The van der Waals surface area contributed by atoms with Crippen LogP contribution < -0.4 is 27.4 Å². The highest BCUT2D eigenvalue weighted by atomic mass is 35.5. The van der Waals surface area contributed by atoms with E-state index >= 15 is 0 Å². The topological polar surface area (TPSA) is 52.0 Å². The van der Waals surface area contributed by atoms with Crippen LogP contribution in [0.5, 0.6) is 5.75 Å². The van der Waals surface area contributed by atoms with Gasteiger partial charge in [0.2, 0.25) is 5.82 Å². The lowest BCUT2D eigenvalue weighted by Crippen LogP contribution is -3.00. The molecule has 0 unspecified atom stereocenters. The molecule has 0 fully saturated rings. The minimum atomic E-state index is 0. The van der Waals surface area contributed by atoms with E-state index in [2.05, 4.69) is 4.98 Å². The van der Waals surface area contributed by atoms with Gasteiger partial charge in [0.25, 0.3) is 0 Å². The normalized spacial score (nSPS) is 10.2. The van der Waals surface area contributed by atoms with E-state index in [1.54, 1.807) is 11.7 Å². The maximum Gasteiger partial charge on any atom is 0.340 e. The van der Waals surface area contributed by atoms with Crippen molar-refractivity contribution in [3.8, 4) is 11.4 Å². The lowest BCUT2D eigenvalue weighted by Gasteiger charge is -2.08. The number of halogens is 2. The zero-order valence-corrected chi connectivity index (χ0v) is 12.8. The summed E-state index contributed by atoms with van der Waals surface area (Å²) in [5.41, 5.74) is 7.85. The molecular formula is C15H13Cl2N3O. The van der Waals surface area contributed by atoms with Crippen LogP contribution in [0, 0.1) is 0 Å². The minimum absolute atomic E-state index is 0. The van der Waals surface area contributed by atoms with Gasteiger partial charge in [-0.2, -0.15) is 4.57 Å². The zero-order valence-electron chi connectivity index (χ0n) is 11.3. The molecule has 108 valence electrons. The standard InChI is InChI=1S/C15H12ClN3O.ClH/c1-20-11-8-6-10(7-9-11)19-14(17)12-4-2-3-5-13(12)18-15(19)16;/h2-9,17H,1H3;1H. The van der Waals surface area contributed by atoms with Crippen LogP contribution in [0.3, 0.4) is 0 Å². The molecule has 0 aliphatic carbocycles. The third-order valence-electron chi connectivity index (χ3n) is 3.15. The Morgan fingerprint density at radius 3 is 2.43 bits per heavy atom. The number of ether oxygens (including phenoxy) is 1. The molecule has 2 N–H and O–H groups in total. The van der Waals surface area contributed by atoms with Gasteiger partial charge in [0.05, 0.1) is 12.5 Å². The maximum absolute atomic E-state index is 6.26. The van der Waals surface area contributed by atoms with Crippen molar-refractivity contribution in [1.29, 1.82) is 0 Å². The number of benzene rings is 2. The number of anilines is 1. The van der Waals surface area contributed by atoms with Gasteiger partial charge in [0, 0.05) is 0 Å². The van der Waals surface area contributed by atoms with Gasteiger partial charge in [-0.1, -0.05) is 17.1 Å². The number of hydrogen-bond acceptors (Lipinski definition) is 3. The van der Waals surface area contributed by atoms with Crippen LogP contribution in [-0.4, -0.2) is 12.1 Å². The summed E-state index contributed by atoms with van der Waals surface area (Å²) in [7, 11) is 1.63. The second-order valence-corrected chi connectivity index (χ2v) is 4.65. The van der Waals surface area contributed by atoms with E-state index in [9.17, 15) is 0 Å². The van der Waals surface area contributed by atoms with E-state index in [0.717, 1.165) is 22.3 Å². The smallest absolute Gasteiger partial charge is 0.340 e. The van der Waals surface area contributed by atoms with Crippen molar-refractivity contribution in [3.05, 3.63) is 53.8 Å². The Kier molecular flexibility index (Phi) is 4.50. The molecule has 0 aliphatic heterocycles. The molecule has 4 nitrogen and oxygen atoms in total. The highest BCUT2D eigenvalue weighted by Crippen LogP contribution is 2.21. The molecule has 0 amide bonds. The lowest BCUT2D eigenvalue weighted by atomic mass is 10.2. The number of aromatic nitrogens is 2. The van der Waals surface area contributed by atoms with Crippen molar-refractivity contribution in [2.75, 3.05) is 12.8 Å². The van der Waals surface area contributed by atoms with Gasteiger partial charge in [-0.05, 0) is 48.0 Å². The first-order valence-corrected chi connectivity index (χ1v) is 6.48. The lowest BCUT2D eigenvalue weighted by molar-refractivity contribution is -0.579. The van der Waals surface area contributed by atoms with Crippen LogP contribution in [0.4, 0.5) is 5.82 Å². The summed E-state index contributed by atoms with van der Waals surface area (Å²) in [6.07, 6.45) is 0. The van der Waals surface area contributed by atoms with Crippen molar-refractivity contribution < 1.29 is 21.7 Å². The van der Waals surface area contributed by atoms with Crippen molar-refractivity contribution in [1.82, 2.24) is 4.98 Å². The first-order chi connectivity index (χ1) is 9.70. The van der Waals surface area contributed by atoms with Gasteiger partial charge in [0.15, 0.2) is 5.52 Å². The summed E-state index contributed by atoms with van der Waals surface area (Å²) >= 11 is 6.26. The van der Waals surface area contributed by atoms with Gasteiger partial charge < -0.3 is 22.9 Å². The molecule has 0 saturated carbocycles. The predicted octanol–water partition coefficient (Wildman–Crippen LogP) is -0.240. The summed E-state index contributed by atoms with van der Waals surface area (Å²) in [5, 5.41) is 1.19. The Labute approximate surface area is 133 Å². The summed E-state index contributed by atoms with van der Waals surface area (Å²) in [6, 6.07) is 15.1. The number of fused-ring (bicyclic) bond motifs is 1. The van der Waals surface area contributed by atoms with Crippen molar-refractivity contribution in [2.24, 2.45) is 0 Å². The third kappa shape index (κ3) is 2.73. The molecular weight excluding hydrogens is 309 g/mol. The van der Waals surface area contributed by atoms with Crippen molar-refractivity contribution >= 4 is 28.3 Å². The fourth-order valence-corrected chi connectivity index (χ4v) is 2.41. The van der Waals surface area contributed by atoms with Crippen LogP contribution in [-0.2, 0) is 0 Å². The Balaban J connectivity index is 0.00000161. The number of nitrogens with two attached hydrogens (primary N) is 1. The van der Waals surface area contributed by atoms with Crippen LogP contribution >= 0.6 is 11.6 Å². The van der Waals surface area contributed by atoms with Crippen LogP contribution in [0.1, 0.15) is 0 Å². The van der Waals surface area contributed by atoms with Crippen LogP contribution in [0.2, 0.25) is 5.28 Å². The predicted molar refractivity (Wildman–Crippen MR) is 79.2 cm³/mol. The largest absolute Gasteiger partial charge is 1.00 e. The highest BCUT2D eigenvalue weighted by molar-refractivity contribution is 6.27. The second-order valence-electron chi connectivity index (χ2n) is 4.32. The van der Waals surface area contributed by atoms with E-state index in [-0.39, 0.29) is 12.4 Å². The molecule has 21 heavy (non-hydrogen) atoms. The molecule has 0 spiro atoms. The molecule has 3 rings (SSSR count). The van der Waals surface area contributed by atoms with Crippen molar-refractivity contribution in [2.45, 2.75) is 0 Å². The van der Waals surface area contributed by atoms with Crippen LogP contribution in [0.25, 0.3) is 16.6 Å². The molecule has 1 aromatic heterocycles. The Morgan fingerprint density at radius 1 is 1.10 bits per heavy atom. The molecule has 1 heterocycles. The summed E-state index contributed by atoms with van der Waals surface area (Å²) in [6.45, 7) is 0. The SMILES string of the molecule is COc1ccc(-[n+]2c(Cl)nc3ccccc3c2N)cc1.[Cl-]. The number of hydrogen-bond donors (Lipinski definition) is 1. The molecule has 0 radical (unpaired) electrons. The van der Waals surface area contributed by atoms with E-state index < -0.39 is 0 Å². The minimum Gasteiger partial charge on any atom is -1.00 e. The average Bonchev–Trinajstić information content (AvgIpc) is 2.48. The van der Waals surface area contributed by atoms with Crippen LogP contribution in [0.15, 0.2) is 48.5 Å². The second kappa shape index (κ2) is 6.16. The molecule has 3 aromatic rings. The van der Waals surface area contributed by atoms with Gasteiger partial charge in [-0.25, -0.2) is 0 Å². The Hall–Kier alpha value is -2.04. The van der Waals surface area contributed by atoms with Gasteiger partial charge in [-0.3, -0.25) is 0 Å². The Bertz CT molecular complexity index is 776. The first kappa shape index (κ1) is 15.4. The van der Waals surface area contributed by atoms with E-state index in [4.69, 9.17) is 22.1 Å². The van der Waals surface area contributed by atoms with Gasteiger partial charge >= 0.3 is 5.28 Å². The van der Waals surface area contributed by atoms with E-state index in [1.165, 1.54) is 0 Å². The summed E-state index contributed by atoms with van der Waals surface area (Å²) in [4.78, 5) is 4.37. The number of methoxy groups -OCH3 is 1. The quantitative estimate of drug-likeness (QED) is 0.523. The molecule has 0 atom stereocenters. The maximum atomic E-state index is 6.26. The number of nitrogens with zero attached hydrogens (tertiary/aromatic N) is 2. The molecule has 2 aromatic carbocycles. The Morgan fingerprint density at radius 2 is 1.76 bits per heavy atom. The average molecular weight is 322 g/mol. The van der Waals surface area contributed by atoms with E-state index in [0.29, 0.717) is 11.1 Å². The fourth-order valence-electron chi connectivity index (χ4n) is 2.13. The van der Waals surface area contributed by atoms with Gasteiger partial charge in [-0.15, -0.1) is 0 Å². The number of rotatable bonds is 2. The number of para-hydroxylation sites is 1. The van der Waals surface area contributed by atoms with Gasteiger partial charge in [0.1, 0.15) is 11.4 Å². The first-order valence-electron chi connectivity index (χ1n) is 6.11. The molecule has 0 saturated heterocycles. The molecule has 0 aliphatic rings. The third-order valence-corrected chi connectivity index (χ3v) is 3.40. The van der Waals surface area contributed by atoms with Crippen molar-refractivity contribution in [3.63, 3.8) is 0 Å². The highest BCUT2D eigenvalue weighted by Gasteiger charge is 2.18. The molecule has 6 heteroatoms. The van der Waals surface area contributed by atoms with E-state index in [1.807, 2.05) is 48.5 Å². The zero-order chi connectivity index (χ0) is 14.1.